The van der Waals surface area contributed by atoms with Crippen molar-refractivity contribution >= 4 is 27.5 Å². The van der Waals surface area contributed by atoms with Crippen LogP contribution in [-0.2, 0) is 4.74 Å². The van der Waals surface area contributed by atoms with Gasteiger partial charge in [-0.15, -0.1) is 6.42 Å². The predicted octanol–water partition coefficient (Wildman–Crippen LogP) is 5.35. The van der Waals surface area contributed by atoms with Gasteiger partial charge in [-0.25, -0.2) is 13.2 Å². The van der Waals surface area contributed by atoms with Crippen LogP contribution in [0.5, 0.6) is 11.8 Å². The molecule has 4 aliphatic rings. The summed E-state index contributed by atoms with van der Waals surface area (Å²) < 4.78 is 57.9. The van der Waals surface area contributed by atoms with Gasteiger partial charge in [0.15, 0.2) is 5.82 Å². The summed E-state index contributed by atoms with van der Waals surface area (Å²) in [5.41, 5.74) is -0.0512. The molecule has 1 saturated carbocycles. The number of morpholine rings is 1. The number of alkyl halides is 1. The highest BCUT2D eigenvalue weighted by molar-refractivity contribution is 6.04. The molecule has 2 unspecified atom stereocenters. The summed E-state index contributed by atoms with van der Waals surface area (Å²) in [4.78, 5) is 13.6. The maximum atomic E-state index is 16.7. The van der Waals surface area contributed by atoms with Gasteiger partial charge in [0.25, 0.3) is 0 Å². The molecule has 4 fully saturated rings. The first-order valence-electron chi connectivity index (χ1n) is 14.7. The molecular weight excluding hydrogens is 557 g/mol. The molecule has 8 rings (SSSR count). The Labute approximate surface area is 246 Å². The van der Waals surface area contributed by atoms with Crippen molar-refractivity contribution in [3.8, 4) is 35.2 Å². The molecule has 3 saturated heterocycles. The SMILES string of the molecule is C#Cc1c(F)ccc2cc(O)cc(-c3ccc4c(N5CCOC6CC65)nc(OC[C@@]56CCCN5C[C@H](F)C6)nc4c3F)c12. The lowest BCUT2D eigenvalue weighted by Crippen LogP contribution is -2.43. The summed E-state index contributed by atoms with van der Waals surface area (Å²) >= 11 is 0. The van der Waals surface area contributed by atoms with E-state index in [9.17, 15) is 13.9 Å². The second kappa shape index (κ2) is 9.73. The topological polar surface area (TPSA) is 71.0 Å². The van der Waals surface area contributed by atoms with Crippen LogP contribution in [0.3, 0.4) is 0 Å². The van der Waals surface area contributed by atoms with Crippen molar-refractivity contribution in [3.63, 3.8) is 0 Å². The number of nitrogens with zero attached hydrogens (tertiary/aromatic N) is 4. The number of fused-ring (bicyclic) bond motifs is 4. The minimum Gasteiger partial charge on any atom is -0.508 e. The van der Waals surface area contributed by atoms with Crippen LogP contribution in [0.1, 0.15) is 31.2 Å². The molecule has 1 N–H and O–H groups in total. The summed E-state index contributed by atoms with van der Waals surface area (Å²) in [6.07, 6.45) is 7.89. The normalized spacial score (nSPS) is 26.5. The molecule has 10 heteroatoms. The number of phenols is 1. The van der Waals surface area contributed by atoms with Crippen LogP contribution in [-0.4, -0.2) is 76.7 Å². The van der Waals surface area contributed by atoms with Crippen molar-refractivity contribution in [1.82, 2.24) is 14.9 Å². The zero-order valence-electron chi connectivity index (χ0n) is 23.3. The fraction of sp³-hybridized carbons (Fsp3) is 0.394. The van der Waals surface area contributed by atoms with E-state index in [1.807, 2.05) is 0 Å². The predicted molar refractivity (Wildman–Crippen MR) is 156 cm³/mol. The minimum atomic E-state index is -0.910. The molecule has 0 bridgehead atoms. The fourth-order valence-electron chi connectivity index (χ4n) is 7.44. The largest absolute Gasteiger partial charge is 0.508 e. The molecule has 4 heterocycles. The van der Waals surface area contributed by atoms with Crippen molar-refractivity contribution in [2.24, 2.45) is 0 Å². The molecule has 220 valence electrons. The van der Waals surface area contributed by atoms with Gasteiger partial charge in [0, 0.05) is 35.8 Å². The van der Waals surface area contributed by atoms with Crippen LogP contribution in [0, 0.1) is 24.0 Å². The van der Waals surface area contributed by atoms with Crippen molar-refractivity contribution in [2.45, 2.75) is 49.5 Å². The van der Waals surface area contributed by atoms with Gasteiger partial charge in [-0.1, -0.05) is 18.1 Å². The molecule has 3 aliphatic heterocycles. The van der Waals surface area contributed by atoms with E-state index in [4.69, 9.17) is 20.9 Å². The Balaban J connectivity index is 1.28. The third-order valence-electron chi connectivity index (χ3n) is 9.52. The number of terminal acetylenes is 1. The first kappa shape index (κ1) is 26.5. The molecule has 3 aromatic carbocycles. The van der Waals surface area contributed by atoms with Gasteiger partial charge >= 0.3 is 6.01 Å². The third kappa shape index (κ3) is 4.20. The van der Waals surface area contributed by atoms with E-state index in [1.54, 1.807) is 12.1 Å². The van der Waals surface area contributed by atoms with Crippen molar-refractivity contribution in [1.29, 1.82) is 0 Å². The zero-order chi connectivity index (χ0) is 29.5. The Morgan fingerprint density at radius 3 is 2.88 bits per heavy atom. The number of hydrogen-bond acceptors (Lipinski definition) is 7. The smallest absolute Gasteiger partial charge is 0.319 e. The molecule has 43 heavy (non-hydrogen) atoms. The van der Waals surface area contributed by atoms with Crippen LogP contribution in [0.2, 0.25) is 0 Å². The molecule has 0 radical (unpaired) electrons. The average molecular weight is 587 g/mol. The maximum absolute atomic E-state index is 16.7. The van der Waals surface area contributed by atoms with Gasteiger partial charge in [0.2, 0.25) is 0 Å². The lowest BCUT2D eigenvalue weighted by Gasteiger charge is -2.31. The molecule has 1 aromatic heterocycles. The van der Waals surface area contributed by atoms with Crippen LogP contribution in [0.4, 0.5) is 19.0 Å². The Hall–Kier alpha value is -4.07. The first-order valence-corrected chi connectivity index (χ1v) is 14.7. The lowest BCUT2D eigenvalue weighted by atomic mass is 9.93. The van der Waals surface area contributed by atoms with Gasteiger partial charge in [-0.3, -0.25) is 4.90 Å². The molecule has 0 amide bonds. The second-order valence-electron chi connectivity index (χ2n) is 12.1. The van der Waals surface area contributed by atoms with E-state index in [-0.39, 0.29) is 52.7 Å². The first-order chi connectivity index (χ1) is 20.8. The van der Waals surface area contributed by atoms with Gasteiger partial charge in [0.1, 0.15) is 35.7 Å². The Kier molecular flexibility index (Phi) is 6.01. The van der Waals surface area contributed by atoms with Crippen molar-refractivity contribution in [3.05, 3.63) is 53.6 Å². The van der Waals surface area contributed by atoms with E-state index >= 15 is 4.39 Å². The molecule has 0 spiro atoms. The summed E-state index contributed by atoms with van der Waals surface area (Å²) in [6, 6.07) is 9.05. The summed E-state index contributed by atoms with van der Waals surface area (Å²) in [7, 11) is 0. The molecular formula is C33H29F3N4O3. The van der Waals surface area contributed by atoms with Gasteiger partial charge in [0.05, 0.1) is 29.9 Å². The number of phenolic OH excluding ortho intramolecular Hbond substituents is 1. The Morgan fingerprint density at radius 2 is 2.02 bits per heavy atom. The van der Waals surface area contributed by atoms with Crippen LogP contribution < -0.4 is 9.64 Å². The summed E-state index contributed by atoms with van der Waals surface area (Å²) in [6.45, 7) is 2.52. The number of aromatic nitrogens is 2. The van der Waals surface area contributed by atoms with E-state index in [0.717, 1.165) is 25.8 Å². The van der Waals surface area contributed by atoms with Crippen LogP contribution in [0.15, 0.2) is 36.4 Å². The average Bonchev–Trinajstić information content (AvgIpc) is 3.60. The van der Waals surface area contributed by atoms with Crippen molar-refractivity contribution in [2.75, 3.05) is 37.7 Å². The minimum absolute atomic E-state index is 0.0156. The van der Waals surface area contributed by atoms with E-state index in [0.29, 0.717) is 48.1 Å². The highest BCUT2D eigenvalue weighted by atomic mass is 19.1. The summed E-state index contributed by atoms with van der Waals surface area (Å²) in [5, 5.41) is 11.8. The molecule has 4 aromatic rings. The number of aromatic hydroxyl groups is 1. The zero-order valence-corrected chi connectivity index (χ0v) is 23.3. The standard InChI is InChI=1S/C33H29F3N4O3/c1-2-21-25(35)7-4-18-12-20(41)13-24(28(18)21)22-5-6-23-30(29(22)36)37-32(38-31(23)40-10-11-42-27-14-26(27)40)43-17-33-8-3-9-39(33)16-19(34)15-33/h1,4-7,12-13,19,26-27,41H,3,8-11,14-17H2/t19-,26?,27?,33+/m1/s1. The van der Waals surface area contributed by atoms with Crippen molar-refractivity contribution < 1.29 is 27.8 Å². The van der Waals surface area contributed by atoms with Gasteiger partial charge < -0.3 is 19.5 Å². The van der Waals surface area contributed by atoms with Gasteiger partial charge in [-0.2, -0.15) is 9.97 Å². The highest BCUT2D eigenvalue weighted by Crippen LogP contribution is 2.44. The molecule has 1 aliphatic carbocycles. The monoisotopic (exact) mass is 586 g/mol. The van der Waals surface area contributed by atoms with Gasteiger partial charge in [-0.05, 0) is 61.0 Å². The highest BCUT2D eigenvalue weighted by Gasteiger charge is 2.50. The number of hydrogen-bond donors (Lipinski definition) is 1. The number of anilines is 1. The number of ether oxygens (including phenoxy) is 2. The fourth-order valence-corrected chi connectivity index (χ4v) is 7.44. The third-order valence-corrected chi connectivity index (χ3v) is 9.52. The quantitative estimate of drug-likeness (QED) is 0.317. The van der Waals surface area contributed by atoms with E-state index in [2.05, 4.69) is 20.7 Å². The molecule has 4 atom stereocenters. The van der Waals surface area contributed by atoms with Crippen LogP contribution in [0.25, 0.3) is 32.8 Å². The number of rotatable bonds is 5. The summed E-state index contributed by atoms with van der Waals surface area (Å²) in [5.74, 6) is 1.54. The van der Waals surface area contributed by atoms with E-state index in [1.165, 1.54) is 24.3 Å². The second-order valence-corrected chi connectivity index (χ2v) is 12.1. The number of benzene rings is 3. The number of halogens is 3. The van der Waals surface area contributed by atoms with Crippen LogP contribution >= 0.6 is 0 Å². The van der Waals surface area contributed by atoms with E-state index < -0.39 is 23.3 Å². The maximum Gasteiger partial charge on any atom is 0.319 e. The Morgan fingerprint density at radius 1 is 1.14 bits per heavy atom. The lowest BCUT2D eigenvalue weighted by molar-refractivity contribution is 0.102. The Bertz CT molecular complexity index is 1840. The molecule has 7 nitrogen and oxygen atoms in total.